The van der Waals surface area contributed by atoms with Gasteiger partial charge in [-0.2, -0.15) is 0 Å². The number of nitrogens with zero attached hydrogens (tertiary/aromatic N) is 3. The van der Waals surface area contributed by atoms with E-state index in [0.717, 1.165) is 43.1 Å². The Morgan fingerprint density at radius 3 is 2.72 bits per heavy atom. The van der Waals surface area contributed by atoms with Crippen LogP contribution in [0.15, 0.2) is 18.2 Å². The SMILES string of the molecule is Cc1cc(OC[C@H]2CCCN(C(C)c3nc4c(cc3F)OCCO4)C2)cc(C)n1. The highest BCUT2D eigenvalue weighted by Gasteiger charge is 2.29. The highest BCUT2D eigenvalue weighted by Crippen LogP contribution is 2.34. The molecule has 4 rings (SSSR count). The van der Waals surface area contributed by atoms with Gasteiger partial charge in [0.15, 0.2) is 5.75 Å². The number of rotatable bonds is 5. The number of piperidine rings is 1. The fourth-order valence-corrected chi connectivity index (χ4v) is 4.11. The van der Waals surface area contributed by atoms with Crippen molar-refractivity contribution >= 4 is 0 Å². The maximum atomic E-state index is 14.7. The molecule has 2 atom stereocenters. The van der Waals surface area contributed by atoms with Gasteiger partial charge in [0.05, 0.1) is 18.3 Å². The molecule has 156 valence electrons. The van der Waals surface area contributed by atoms with E-state index >= 15 is 0 Å². The van der Waals surface area contributed by atoms with Crippen molar-refractivity contribution in [2.24, 2.45) is 5.92 Å². The zero-order valence-electron chi connectivity index (χ0n) is 17.3. The van der Waals surface area contributed by atoms with Crippen LogP contribution in [-0.4, -0.2) is 47.8 Å². The second-order valence-electron chi connectivity index (χ2n) is 7.93. The predicted octanol–water partition coefficient (Wildman–Crippen LogP) is 3.86. The van der Waals surface area contributed by atoms with Crippen LogP contribution in [0, 0.1) is 25.6 Å². The second-order valence-corrected chi connectivity index (χ2v) is 7.93. The van der Waals surface area contributed by atoms with Gasteiger partial charge in [0.2, 0.25) is 0 Å². The van der Waals surface area contributed by atoms with Crippen LogP contribution in [0.25, 0.3) is 0 Å². The molecular weight excluding hydrogens is 373 g/mol. The Hall–Kier alpha value is -2.41. The Labute approximate surface area is 171 Å². The Morgan fingerprint density at radius 1 is 1.17 bits per heavy atom. The van der Waals surface area contributed by atoms with Gasteiger partial charge in [0, 0.05) is 42.0 Å². The number of aromatic nitrogens is 2. The highest BCUT2D eigenvalue weighted by molar-refractivity contribution is 5.37. The van der Waals surface area contributed by atoms with Gasteiger partial charge in [-0.05, 0) is 40.2 Å². The number of likely N-dealkylation sites (tertiary alicyclic amines) is 1. The number of pyridine rings is 2. The normalized spacial score (nSPS) is 20.3. The number of fused-ring (bicyclic) bond motifs is 1. The van der Waals surface area contributed by atoms with Gasteiger partial charge in [0.25, 0.3) is 5.88 Å². The van der Waals surface area contributed by atoms with Crippen LogP contribution in [0.5, 0.6) is 17.4 Å². The zero-order valence-corrected chi connectivity index (χ0v) is 17.3. The smallest absolute Gasteiger partial charge is 0.257 e. The Morgan fingerprint density at radius 2 is 1.93 bits per heavy atom. The topological polar surface area (TPSA) is 56.7 Å². The van der Waals surface area contributed by atoms with E-state index in [9.17, 15) is 4.39 Å². The summed E-state index contributed by atoms with van der Waals surface area (Å²) in [6.45, 7) is 9.21. The van der Waals surface area contributed by atoms with Crippen LogP contribution in [0.1, 0.15) is 42.9 Å². The number of aryl methyl sites for hydroxylation is 2. The summed E-state index contributed by atoms with van der Waals surface area (Å²) in [6.07, 6.45) is 2.16. The molecule has 2 aromatic heterocycles. The van der Waals surface area contributed by atoms with E-state index in [2.05, 4.69) is 14.9 Å². The maximum absolute atomic E-state index is 14.7. The Kier molecular flexibility index (Phi) is 5.85. The molecule has 2 aromatic rings. The van der Waals surface area contributed by atoms with Crippen molar-refractivity contribution in [2.45, 2.75) is 39.7 Å². The van der Waals surface area contributed by atoms with Crippen LogP contribution in [-0.2, 0) is 0 Å². The molecule has 1 fully saturated rings. The lowest BCUT2D eigenvalue weighted by Crippen LogP contribution is -2.39. The van der Waals surface area contributed by atoms with Crippen molar-refractivity contribution in [1.82, 2.24) is 14.9 Å². The lowest BCUT2D eigenvalue weighted by molar-refractivity contribution is 0.0963. The molecule has 4 heterocycles. The molecule has 6 nitrogen and oxygen atoms in total. The molecule has 2 aliphatic rings. The number of ether oxygens (including phenoxy) is 3. The van der Waals surface area contributed by atoms with Crippen LogP contribution in [0.2, 0.25) is 0 Å². The first-order chi connectivity index (χ1) is 14.0. The van der Waals surface area contributed by atoms with Gasteiger partial charge in [-0.15, -0.1) is 0 Å². The first kappa shape index (κ1) is 19.9. The zero-order chi connectivity index (χ0) is 20.4. The second kappa shape index (κ2) is 8.53. The third-order valence-electron chi connectivity index (χ3n) is 5.55. The minimum Gasteiger partial charge on any atom is -0.493 e. The number of hydrogen-bond donors (Lipinski definition) is 0. The van der Waals surface area contributed by atoms with E-state index in [4.69, 9.17) is 14.2 Å². The molecular formula is C22H28FN3O3. The minimum absolute atomic E-state index is 0.140. The van der Waals surface area contributed by atoms with Crippen molar-refractivity contribution in [3.8, 4) is 17.4 Å². The van der Waals surface area contributed by atoms with Crippen LogP contribution in [0.3, 0.4) is 0 Å². The molecule has 1 saturated heterocycles. The summed E-state index contributed by atoms with van der Waals surface area (Å²) in [4.78, 5) is 11.1. The first-order valence-electron chi connectivity index (χ1n) is 10.3. The minimum atomic E-state index is -0.345. The summed E-state index contributed by atoms with van der Waals surface area (Å²) in [6, 6.07) is 5.18. The third kappa shape index (κ3) is 4.61. The third-order valence-corrected chi connectivity index (χ3v) is 5.55. The van der Waals surface area contributed by atoms with Gasteiger partial charge in [-0.1, -0.05) is 0 Å². The van der Waals surface area contributed by atoms with Gasteiger partial charge in [-0.3, -0.25) is 9.88 Å². The summed E-state index contributed by atoms with van der Waals surface area (Å²) in [5.41, 5.74) is 2.33. The summed E-state index contributed by atoms with van der Waals surface area (Å²) < 4.78 is 31.7. The van der Waals surface area contributed by atoms with Crippen LogP contribution >= 0.6 is 0 Å². The molecule has 1 unspecified atom stereocenters. The average Bonchev–Trinajstić information content (AvgIpc) is 2.71. The molecule has 0 aromatic carbocycles. The number of halogens is 1. The molecule has 0 radical (unpaired) electrons. The van der Waals surface area contributed by atoms with Gasteiger partial charge in [-0.25, -0.2) is 9.37 Å². The standard InChI is InChI=1S/C22H28FN3O3/c1-14-9-18(10-15(2)24-14)29-13-17-5-4-6-26(12-17)16(3)21-19(23)11-20-22(25-21)28-8-7-27-20/h9-11,16-17H,4-8,12-13H2,1-3H3/t16?,17-/m0/s1. The number of hydrogen-bond acceptors (Lipinski definition) is 6. The van der Waals surface area contributed by atoms with Crippen molar-refractivity contribution in [2.75, 3.05) is 32.9 Å². The molecule has 29 heavy (non-hydrogen) atoms. The van der Waals surface area contributed by atoms with E-state index in [0.29, 0.717) is 43.1 Å². The molecule has 0 aliphatic carbocycles. The molecule has 0 saturated carbocycles. The van der Waals surface area contributed by atoms with Gasteiger partial charge < -0.3 is 14.2 Å². The van der Waals surface area contributed by atoms with Crippen LogP contribution < -0.4 is 14.2 Å². The highest BCUT2D eigenvalue weighted by atomic mass is 19.1. The van der Waals surface area contributed by atoms with Crippen molar-refractivity contribution in [3.63, 3.8) is 0 Å². The van der Waals surface area contributed by atoms with Crippen molar-refractivity contribution < 1.29 is 18.6 Å². The Balaban J connectivity index is 1.41. The van der Waals surface area contributed by atoms with Crippen molar-refractivity contribution in [3.05, 3.63) is 41.1 Å². The van der Waals surface area contributed by atoms with Crippen molar-refractivity contribution in [1.29, 1.82) is 0 Å². The lowest BCUT2D eigenvalue weighted by Gasteiger charge is -2.36. The molecule has 0 amide bonds. The fourth-order valence-electron chi connectivity index (χ4n) is 4.11. The Bertz CT molecular complexity index is 856. The first-order valence-corrected chi connectivity index (χ1v) is 10.3. The fraction of sp³-hybridized carbons (Fsp3) is 0.545. The van der Waals surface area contributed by atoms with E-state index in [1.165, 1.54) is 6.07 Å². The molecule has 0 spiro atoms. The summed E-state index contributed by atoms with van der Waals surface area (Å²) >= 11 is 0. The van der Waals surface area contributed by atoms with Gasteiger partial charge in [0.1, 0.15) is 24.8 Å². The summed E-state index contributed by atoms with van der Waals surface area (Å²) in [7, 11) is 0. The predicted molar refractivity (Wildman–Crippen MR) is 107 cm³/mol. The van der Waals surface area contributed by atoms with E-state index in [-0.39, 0.29) is 11.9 Å². The summed E-state index contributed by atoms with van der Waals surface area (Å²) in [5.74, 6) is 1.68. The summed E-state index contributed by atoms with van der Waals surface area (Å²) in [5, 5.41) is 0. The largest absolute Gasteiger partial charge is 0.493 e. The molecule has 2 aliphatic heterocycles. The molecule has 7 heteroatoms. The van der Waals surface area contributed by atoms with E-state index in [1.807, 2.05) is 32.9 Å². The molecule has 0 bridgehead atoms. The van der Waals surface area contributed by atoms with E-state index < -0.39 is 0 Å². The van der Waals surface area contributed by atoms with Gasteiger partial charge >= 0.3 is 0 Å². The lowest BCUT2D eigenvalue weighted by atomic mass is 9.97. The average molecular weight is 401 g/mol. The maximum Gasteiger partial charge on any atom is 0.257 e. The quantitative estimate of drug-likeness (QED) is 0.758. The monoisotopic (exact) mass is 401 g/mol. The molecule has 0 N–H and O–H groups in total. The van der Waals surface area contributed by atoms with Crippen LogP contribution in [0.4, 0.5) is 4.39 Å². The van der Waals surface area contributed by atoms with E-state index in [1.54, 1.807) is 0 Å².